The number of pyridine rings is 1. The van der Waals surface area contributed by atoms with Crippen molar-refractivity contribution in [2.45, 2.75) is 12.3 Å². The molecule has 0 N–H and O–H groups in total. The molecule has 3 heteroatoms. The Labute approximate surface area is 313 Å². The van der Waals surface area contributed by atoms with Crippen LogP contribution in [0, 0.1) is 0 Å². The van der Waals surface area contributed by atoms with Gasteiger partial charge in [-0.15, -0.1) is 0 Å². The van der Waals surface area contributed by atoms with Crippen molar-refractivity contribution >= 4 is 54.4 Å². The van der Waals surface area contributed by atoms with Gasteiger partial charge in [0.1, 0.15) is 5.82 Å². The number of benzene rings is 7. The molecule has 0 spiro atoms. The molecule has 1 aliphatic rings. The molecule has 3 nitrogen and oxygen atoms in total. The highest BCUT2D eigenvalue weighted by molar-refractivity contribution is 6.13. The van der Waals surface area contributed by atoms with E-state index in [1.54, 1.807) is 0 Å². The fourth-order valence-corrected chi connectivity index (χ4v) is 8.66. The van der Waals surface area contributed by atoms with Crippen LogP contribution in [0.15, 0.2) is 194 Å². The molecule has 254 valence electrons. The molecule has 0 saturated carbocycles. The van der Waals surface area contributed by atoms with Gasteiger partial charge in [0.05, 0.1) is 33.4 Å². The van der Waals surface area contributed by atoms with Crippen molar-refractivity contribution in [2.75, 3.05) is 0 Å². The van der Waals surface area contributed by atoms with E-state index in [-0.39, 0.29) is 0 Å². The SMILES string of the molecule is C1=CCC(c2cc(-c3ccccc3)nc(-n3c4ccccc4c4ccc(-c5ccc6c7ccccc7n(-c7cccc8ccccc78)c6c5)cc43)c2)C=C1. The van der Waals surface area contributed by atoms with Crippen LogP contribution in [-0.4, -0.2) is 14.1 Å². The first-order valence-electron chi connectivity index (χ1n) is 18.7. The van der Waals surface area contributed by atoms with E-state index in [1.807, 2.05) is 0 Å². The Morgan fingerprint density at radius 2 is 1.06 bits per heavy atom. The molecule has 0 aliphatic heterocycles. The molecule has 54 heavy (non-hydrogen) atoms. The maximum absolute atomic E-state index is 5.40. The Hall–Kier alpha value is -6.97. The summed E-state index contributed by atoms with van der Waals surface area (Å²) < 4.78 is 4.82. The van der Waals surface area contributed by atoms with Crippen molar-refractivity contribution in [2.24, 2.45) is 0 Å². The van der Waals surface area contributed by atoms with Crippen molar-refractivity contribution in [1.29, 1.82) is 0 Å². The molecule has 7 aromatic carbocycles. The number of para-hydroxylation sites is 2. The summed E-state index contributed by atoms with van der Waals surface area (Å²) in [4.78, 5) is 5.40. The summed E-state index contributed by atoms with van der Waals surface area (Å²) in [5.74, 6) is 1.23. The van der Waals surface area contributed by atoms with Gasteiger partial charge < -0.3 is 4.57 Å². The summed E-state index contributed by atoms with van der Waals surface area (Å²) in [7, 11) is 0. The van der Waals surface area contributed by atoms with Crippen LogP contribution in [0.3, 0.4) is 0 Å². The van der Waals surface area contributed by atoms with E-state index in [0.717, 1.165) is 34.5 Å². The van der Waals surface area contributed by atoms with Crippen molar-refractivity contribution < 1.29 is 0 Å². The van der Waals surface area contributed by atoms with Gasteiger partial charge in [-0.05, 0) is 71.0 Å². The lowest BCUT2D eigenvalue weighted by Crippen LogP contribution is -2.04. The van der Waals surface area contributed by atoms with Gasteiger partial charge in [-0.1, -0.05) is 152 Å². The molecule has 0 amide bonds. The fraction of sp³-hybridized carbons (Fsp3) is 0.0392. The maximum Gasteiger partial charge on any atom is 0.138 e. The highest BCUT2D eigenvalue weighted by Gasteiger charge is 2.20. The average molecular weight is 690 g/mol. The van der Waals surface area contributed by atoms with E-state index in [2.05, 4.69) is 203 Å². The predicted octanol–water partition coefficient (Wildman–Crippen LogP) is 13.4. The third-order valence-electron chi connectivity index (χ3n) is 11.2. The van der Waals surface area contributed by atoms with E-state index >= 15 is 0 Å². The predicted molar refractivity (Wildman–Crippen MR) is 227 cm³/mol. The molecule has 0 saturated heterocycles. The minimum absolute atomic E-state index is 0.295. The van der Waals surface area contributed by atoms with Gasteiger partial charge >= 0.3 is 0 Å². The molecular formula is C51H35N3. The van der Waals surface area contributed by atoms with Gasteiger partial charge in [-0.2, -0.15) is 0 Å². The Morgan fingerprint density at radius 3 is 1.78 bits per heavy atom. The minimum atomic E-state index is 0.295. The molecule has 10 aromatic rings. The van der Waals surface area contributed by atoms with E-state index < -0.39 is 0 Å². The van der Waals surface area contributed by atoms with Crippen LogP contribution in [0.2, 0.25) is 0 Å². The number of nitrogens with zero attached hydrogens (tertiary/aromatic N) is 3. The van der Waals surface area contributed by atoms with Crippen molar-refractivity contribution in [3.63, 3.8) is 0 Å². The number of hydrogen-bond acceptors (Lipinski definition) is 1. The Balaban J connectivity index is 1.14. The number of allylic oxidation sites excluding steroid dienone is 4. The van der Waals surface area contributed by atoms with Gasteiger partial charge in [0.25, 0.3) is 0 Å². The van der Waals surface area contributed by atoms with E-state index in [9.17, 15) is 0 Å². The zero-order chi connectivity index (χ0) is 35.6. The second-order valence-corrected chi connectivity index (χ2v) is 14.3. The maximum atomic E-state index is 5.40. The summed E-state index contributed by atoms with van der Waals surface area (Å²) >= 11 is 0. The second-order valence-electron chi connectivity index (χ2n) is 14.3. The Kier molecular flexibility index (Phi) is 6.99. The van der Waals surface area contributed by atoms with Crippen molar-refractivity contribution in [3.05, 3.63) is 200 Å². The molecule has 0 fully saturated rings. The molecule has 1 atom stereocenters. The molecule has 0 bridgehead atoms. The third kappa shape index (κ3) is 4.86. The second kappa shape index (κ2) is 12.3. The minimum Gasteiger partial charge on any atom is -0.309 e. The van der Waals surface area contributed by atoms with Crippen molar-refractivity contribution in [1.82, 2.24) is 14.1 Å². The summed E-state index contributed by atoms with van der Waals surface area (Å²) in [5.41, 5.74) is 11.6. The first kappa shape index (κ1) is 30.6. The standard InChI is InChI=1S/C51H35N3/c1-3-14-34(15-4-1)39-30-45(36-17-5-2-6-18-36)52-51(33-39)54-48-24-12-10-22-42(48)44-29-27-38(32-50(44)54)37-26-28-43-41-21-9-11-23-47(41)53(49(43)31-37)46-25-13-19-35-16-7-8-20-40(35)46/h1-14,16-34H,15H2. The largest absolute Gasteiger partial charge is 0.309 e. The Morgan fingerprint density at radius 1 is 0.444 bits per heavy atom. The number of rotatable bonds is 5. The normalized spacial score (nSPS) is 14.3. The zero-order valence-corrected chi connectivity index (χ0v) is 29.6. The quantitative estimate of drug-likeness (QED) is 0.176. The molecule has 3 heterocycles. The topological polar surface area (TPSA) is 22.8 Å². The number of aromatic nitrogens is 3. The van der Waals surface area contributed by atoms with Crippen LogP contribution in [0.25, 0.3) is 88.3 Å². The highest BCUT2D eigenvalue weighted by atomic mass is 15.1. The lowest BCUT2D eigenvalue weighted by molar-refractivity contribution is 0.848. The highest BCUT2D eigenvalue weighted by Crippen LogP contribution is 2.40. The van der Waals surface area contributed by atoms with Gasteiger partial charge in [0, 0.05) is 38.4 Å². The summed E-state index contributed by atoms with van der Waals surface area (Å²) in [6.45, 7) is 0. The van der Waals surface area contributed by atoms with Crippen molar-refractivity contribution in [3.8, 4) is 33.9 Å². The number of fused-ring (bicyclic) bond motifs is 7. The van der Waals surface area contributed by atoms with Crippen LogP contribution >= 0.6 is 0 Å². The summed E-state index contributed by atoms with van der Waals surface area (Å²) in [6, 6.07) is 61.8. The van der Waals surface area contributed by atoms with Gasteiger partial charge in [0.2, 0.25) is 0 Å². The molecule has 0 radical (unpaired) electrons. The first-order chi connectivity index (χ1) is 26.8. The molecule has 1 aliphatic carbocycles. The summed E-state index contributed by atoms with van der Waals surface area (Å²) in [6.07, 6.45) is 9.86. The van der Waals surface area contributed by atoms with Gasteiger partial charge in [-0.3, -0.25) is 4.57 Å². The smallest absolute Gasteiger partial charge is 0.138 e. The molecule has 3 aromatic heterocycles. The van der Waals surface area contributed by atoms with Gasteiger partial charge in [-0.25, -0.2) is 4.98 Å². The lowest BCUT2D eigenvalue weighted by atomic mass is 9.92. The van der Waals surface area contributed by atoms with Crippen LogP contribution < -0.4 is 0 Å². The van der Waals surface area contributed by atoms with Crippen LogP contribution in [0.1, 0.15) is 17.9 Å². The van der Waals surface area contributed by atoms with Crippen LogP contribution in [0.5, 0.6) is 0 Å². The monoisotopic (exact) mass is 689 g/mol. The molecule has 11 rings (SSSR count). The van der Waals surface area contributed by atoms with E-state index in [1.165, 1.54) is 65.7 Å². The lowest BCUT2D eigenvalue weighted by Gasteiger charge is -2.18. The van der Waals surface area contributed by atoms with Crippen LogP contribution in [-0.2, 0) is 0 Å². The van der Waals surface area contributed by atoms with Crippen LogP contribution in [0.4, 0.5) is 0 Å². The van der Waals surface area contributed by atoms with Gasteiger partial charge in [0.15, 0.2) is 0 Å². The zero-order valence-electron chi connectivity index (χ0n) is 29.6. The van der Waals surface area contributed by atoms with E-state index in [0.29, 0.717) is 5.92 Å². The molecule has 1 unspecified atom stereocenters. The number of hydrogen-bond donors (Lipinski definition) is 0. The average Bonchev–Trinajstić information content (AvgIpc) is 3.76. The fourth-order valence-electron chi connectivity index (χ4n) is 8.66. The molecular weight excluding hydrogens is 655 g/mol. The summed E-state index contributed by atoms with van der Waals surface area (Å²) in [5, 5.41) is 7.42. The Bertz CT molecular complexity index is 3130. The van der Waals surface area contributed by atoms with E-state index in [4.69, 9.17) is 4.98 Å². The first-order valence-corrected chi connectivity index (χ1v) is 18.7. The third-order valence-corrected chi connectivity index (χ3v) is 11.2.